The summed E-state index contributed by atoms with van der Waals surface area (Å²) in [5.41, 5.74) is 1.16. The summed E-state index contributed by atoms with van der Waals surface area (Å²) >= 11 is 1.20. The molecule has 0 spiro atoms. The van der Waals surface area contributed by atoms with Crippen molar-refractivity contribution in [3.8, 4) is 22.8 Å². The minimum atomic E-state index is -0.536. The Morgan fingerprint density at radius 1 is 1.07 bits per heavy atom. The van der Waals surface area contributed by atoms with Gasteiger partial charge in [-0.3, -0.25) is 5.32 Å². The number of rotatable bonds is 5. The van der Waals surface area contributed by atoms with Crippen LogP contribution in [0.3, 0.4) is 0 Å². The van der Waals surface area contributed by atoms with Crippen molar-refractivity contribution >= 4 is 39.2 Å². The smallest absolute Gasteiger partial charge is 0.345 e. The number of ether oxygens (including phenoxy) is 2. The SMILES string of the molecule is COc1ccc(NC(=O)Nc2nc(-c3cc4cccc(OC)c4oc3=O)cs2)cc1. The van der Waals surface area contributed by atoms with Crippen LogP contribution < -0.4 is 25.7 Å². The lowest BCUT2D eigenvalue weighted by atomic mass is 10.1. The maximum absolute atomic E-state index is 12.5. The number of carbonyl (C=O) groups is 1. The van der Waals surface area contributed by atoms with Crippen LogP contribution in [-0.2, 0) is 0 Å². The van der Waals surface area contributed by atoms with Crippen molar-refractivity contribution in [2.75, 3.05) is 24.9 Å². The Kier molecular flexibility index (Phi) is 5.36. The highest BCUT2D eigenvalue weighted by molar-refractivity contribution is 7.14. The highest BCUT2D eigenvalue weighted by atomic mass is 32.1. The third-order valence-electron chi connectivity index (χ3n) is 4.29. The van der Waals surface area contributed by atoms with E-state index in [0.29, 0.717) is 44.5 Å². The van der Waals surface area contributed by atoms with Crippen LogP contribution in [0.5, 0.6) is 11.5 Å². The van der Waals surface area contributed by atoms with E-state index in [-0.39, 0.29) is 0 Å². The van der Waals surface area contributed by atoms with Crippen LogP contribution in [0.4, 0.5) is 15.6 Å². The van der Waals surface area contributed by atoms with E-state index in [2.05, 4.69) is 15.6 Å². The number of benzene rings is 2. The molecule has 0 atom stereocenters. The number of aromatic nitrogens is 1. The molecule has 2 N–H and O–H groups in total. The zero-order valence-corrected chi connectivity index (χ0v) is 16.9. The minimum Gasteiger partial charge on any atom is -0.497 e. The van der Waals surface area contributed by atoms with Gasteiger partial charge in [0.2, 0.25) is 0 Å². The number of urea groups is 1. The number of para-hydroxylation sites is 1. The summed E-state index contributed by atoms with van der Waals surface area (Å²) in [4.78, 5) is 29.0. The average molecular weight is 423 g/mol. The predicted molar refractivity (Wildman–Crippen MR) is 116 cm³/mol. The summed E-state index contributed by atoms with van der Waals surface area (Å²) in [7, 11) is 3.08. The van der Waals surface area contributed by atoms with E-state index in [0.717, 1.165) is 0 Å². The number of amides is 2. The van der Waals surface area contributed by atoms with Gasteiger partial charge in [0, 0.05) is 16.5 Å². The number of hydrogen-bond acceptors (Lipinski definition) is 7. The van der Waals surface area contributed by atoms with Crippen LogP contribution in [0.2, 0.25) is 0 Å². The van der Waals surface area contributed by atoms with Gasteiger partial charge in [0.1, 0.15) is 5.75 Å². The topological polar surface area (TPSA) is 103 Å². The lowest BCUT2D eigenvalue weighted by Crippen LogP contribution is -2.19. The molecule has 0 fully saturated rings. The second kappa shape index (κ2) is 8.26. The second-order valence-electron chi connectivity index (χ2n) is 6.17. The van der Waals surface area contributed by atoms with E-state index in [1.54, 1.807) is 48.9 Å². The lowest BCUT2D eigenvalue weighted by Gasteiger charge is -2.06. The first-order chi connectivity index (χ1) is 14.6. The first-order valence-corrected chi connectivity index (χ1v) is 9.74. The summed E-state index contributed by atoms with van der Waals surface area (Å²) in [6.45, 7) is 0. The van der Waals surface area contributed by atoms with E-state index in [9.17, 15) is 9.59 Å². The van der Waals surface area contributed by atoms with Crippen LogP contribution in [0.25, 0.3) is 22.2 Å². The molecule has 9 heteroatoms. The van der Waals surface area contributed by atoms with E-state index >= 15 is 0 Å². The highest BCUT2D eigenvalue weighted by Crippen LogP contribution is 2.29. The normalized spacial score (nSPS) is 10.6. The summed E-state index contributed by atoms with van der Waals surface area (Å²) in [5, 5.41) is 8.11. The molecule has 0 unspecified atom stereocenters. The first-order valence-electron chi connectivity index (χ1n) is 8.86. The molecule has 0 saturated carbocycles. The third-order valence-corrected chi connectivity index (χ3v) is 5.05. The number of fused-ring (bicyclic) bond motifs is 1. The largest absolute Gasteiger partial charge is 0.497 e. The monoisotopic (exact) mass is 423 g/mol. The maximum atomic E-state index is 12.5. The molecule has 2 heterocycles. The molecule has 152 valence electrons. The molecule has 4 rings (SSSR count). The van der Waals surface area contributed by atoms with Gasteiger partial charge >= 0.3 is 11.7 Å². The zero-order valence-electron chi connectivity index (χ0n) is 16.1. The number of carbonyl (C=O) groups excluding carboxylic acids is 1. The highest BCUT2D eigenvalue weighted by Gasteiger charge is 2.14. The number of nitrogens with zero attached hydrogens (tertiary/aromatic N) is 1. The fourth-order valence-electron chi connectivity index (χ4n) is 2.85. The molecule has 8 nitrogen and oxygen atoms in total. The maximum Gasteiger partial charge on any atom is 0.345 e. The molecular weight excluding hydrogens is 406 g/mol. The van der Waals surface area contributed by atoms with Crippen molar-refractivity contribution in [3.05, 3.63) is 64.3 Å². The Morgan fingerprint density at radius 3 is 2.60 bits per heavy atom. The fraction of sp³-hybridized carbons (Fsp3) is 0.0952. The summed E-state index contributed by atoms with van der Waals surface area (Å²) < 4.78 is 15.7. The van der Waals surface area contributed by atoms with Gasteiger partial charge < -0.3 is 19.2 Å². The first kappa shape index (κ1) is 19.5. The van der Waals surface area contributed by atoms with Crippen molar-refractivity contribution in [2.45, 2.75) is 0 Å². The van der Waals surface area contributed by atoms with E-state index in [1.807, 2.05) is 12.1 Å². The van der Waals surface area contributed by atoms with Gasteiger partial charge in [-0.25, -0.2) is 14.6 Å². The second-order valence-corrected chi connectivity index (χ2v) is 7.03. The summed E-state index contributed by atoms with van der Waals surface area (Å²) in [6, 6.07) is 13.5. The summed E-state index contributed by atoms with van der Waals surface area (Å²) in [6.07, 6.45) is 0. The Hall–Kier alpha value is -3.85. The Morgan fingerprint density at radius 2 is 1.87 bits per heavy atom. The van der Waals surface area contributed by atoms with Gasteiger partial charge in [0.05, 0.1) is 25.5 Å². The number of nitrogens with one attached hydrogen (secondary N) is 2. The number of methoxy groups -OCH3 is 2. The molecular formula is C21H17N3O5S. The van der Waals surface area contributed by atoms with Crippen LogP contribution >= 0.6 is 11.3 Å². The molecule has 30 heavy (non-hydrogen) atoms. The van der Waals surface area contributed by atoms with Crippen molar-refractivity contribution in [1.82, 2.24) is 4.98 Å². The fourth-order valence-corrected chi connectivity index (χ4v) is 3.55. The van der Waals surface area contributed by atoms with Gasteiger partial charge in [-0.05, 0) is 36.4 Å². The summed E-state index contributed by atoms with van der Waals surface area (Å²) in [5.74, 6) is 1.17. The Labute approximate surface area is 175 Å². The van der Waals surface area contributed by atoms with Gasteiger partial charge in [-0.15, -0.1) is 11.3 Å². The molecule has 0 saturated heterocycles. The van der Waals surface area contributed by atoms with Gasteiger partial charge in [0.25, 0.3) is 0 Å². The molecule has 2 amide bonds. The molecule has 0 aliphatic heterocycles. The zero-order chi connectivity index (χ0) is 21.1. The van der Waals surface area contributed by atoms with Crippen LogP contribution in [0.15, 0.2) is 63.1 Å². The molecule has 0 aliphatic rings. The van der Waals surface area contributed by atoms with Crippen molar-refractivity contribution in [2.24, 2.45) is 0 Å². The average Bonchev–Trinajstić information content (AvgIpc) is 3.21. The van der Waals surface area contributed by atoms with Crippen molar-refractivity contribution < 1.29 is 18.7 Å². The molecule has 0 radical (unpaired) electrons. The van der Waals surface area contributed by atoms with Gasteiger partial charge in [-0.1, -0.05) is 12.1 Å². The number of hydrogen-bond donors (Lipinski definition) is 2. The Balaban J connectivity index is 1.53. The quantitative estimate of drug-likeness (QED) is 0.456. The van der Waals surface area contributed by atoms with E-state index in [4.69, 9.17) is 13.9 Å². The molecule has 2 aromatic heterocycles. The minimum absolute atomic E-state index is 0.301. The van der Waals surface area contributed by atoms with Gasteiger partial charge in [0.15, 0.2) is 16.5 Å². The molecule has 2 aromatic carbocycles. The van der Waals surface area contributed by atoms with E-state index in [1.165, 1.54) is 18.4 Å². The van der Waals surface area contributed by atoms with Gasteiger partial charge in [-0.2, -0.15) is 0 Å². The van der Waals surface area contributed by atoms with E-state index < -0.39 is 11.7 Å². The third kappa shape index (κ3) is 3.96. The van der Waals surface area contributed by atoms with Crippen LogP contribution in [0.1, 0.15) is 0 Å². The van der Waals surface area contributed by atoms with Crippen LogP contribution in [-0.4, -0.2) is 25.2 Å². The van der Waals surface area contributed by atoms with Crippen LogP contribution in [0, 0.1) is 0 Å². The molecule has 4 aromatic rings. The van der Waals surface area contributed by atoms with Crippen molar-refractivity contribution in [3.63, 3.8) is 0 Å². The lowest BCUT2D eigenvalue weighted by molar-refractivity contribution is 0.262. The standard InChI is InChI=1S/C21H17N3O5S/c1-27-14-8-6-13(7-9-14)22-20(26)24-21-23-16(11-30-21)15-10-12-4-3-5-17(28-2)18(12)29-19(15)25/h3-11H,1-2H3,(H2,22,23,24,26). The van der Waals surface area contributed by atoms with Crippen molar-refractivity contribution in [1.29, 1.82) is 0 Å². The molecule has 0 bridgehead atoms. The Bertz CT molecular complexity index is 1260. The number of anilines is 2. The number of thiazole rings is 1. The predicted octanol–water partition coefficient (Wildman–Crippen LogP) is 4.58. The molecule has 0 aliphatic carbocycles.